The SMILES string of the molecule is CC(C)(C)c1ncc(C=O)nn1. The molecule has 1 rings (SSSR count). The quantitative estimate of drug-likeness (QED) is 0.582. The zero-order chi connectivity index (χ0) is 9.19. The highest BCUT2D eigenvalue weighted by molar-refractivity contribution is 5.70. The highest BCUT2D eigenvalue weighted by Gasteiger charge is 2.17. The van der Waals surface area contributed by atoms with E-state index in [0.29, 0.717) is 12.1 Å². The summed E-state index contributed by atoms with van der Waals surface area (Å²) < 4.78 is 0. The lowest BCUT2D eigenvalue weighted by molar-refractivity contribution is 0.111. The van der Waals surface area contributed by atoms with Crippen LogP contribution in [0.25, 0.3) is 0 Å². The number of hydrogen-bond donors (Lipinski definition) is 0. The van der Waals surface area contributed by atoms with Gasteiger partial charge >= 0.3 is 0 Å². The molecule has 0 N–H and O–H groups in total. The molecule has 1 aromatic heterocycles. The lowest BCUT2D eigenvalue weighted by atomic mass is 9.96. The first-order valence-electron chi connectivity index (χ1n) is 3.69. The van der Waals surface area contributed by atoms with Crippen LogP contribution in [0.15, 0.2) is 6.20 Å². The van der Waals surface area contributed by atoms with Crippen LogP contribution in [0.2, 0.25) is 0 Å². The molecule has 4 nitrogen and oxygen atoms in total. The molecule has 0 bridgehead atoms. The Morgan fingerprint density at radius 1 is 1.33 bits per heavy atom. The van der Waals surface area contributed by atoms with Gasteiger partial charge in [-0.05, 0) is 0 Å². The van der Waals surface area contributed by atoms with Crippen LogP contribution in [-0.2, 0) is 5.41 Å². The van der Waals surface area contributed by atoms with Crippen LogP contribution in [-0.4, -0.2) is 21.5 Å². The average molecular weight is 165 g/mol. The molecule has 0 fully saturated rings. The van der Waals surface area contributed by atoms with E-state index in [2.05, 4.69) is 15.2 Å². The lowest BCUT2D eigenvalue weighted by Gasteiger charge is -2.14. The Kier molecular flexibility index (Phi) is 2.17. The molecule has 0 spiro atoms. The van der Waals surface area contributed by atoms with E-state index in [1.807, 2.05) is 20.8 Å². The summed E-state index contributed by atoms with van der Waals surface area (Å²) in [6.07, 6.45) is 2.06. The minimum absolute atomic E-state index is 0.117. The fourth-order valence-electron chi connectivity index (χ4n) is 0.682. The highest BCUT2D eigenvalue weighted by atomic mass is 16.1. The largest absolute Gasteiger partial charge is 0.296 e. The molecule has 0 amide bonds. The summed E-state index contributed by atoms with van der Waals surface area (Å²) in [5.74, 6) is 0.646. The van der Waals surface area contributed by atoms with Crippen molar-refractivity contribution in [3.05, 3.63) is 17.7 Å². The van der Waals surface area contributed by atoms with Crippen molar-refractivity contribution in [2.24, 2.45) is 0 Å². The minimum Gasteiger partial charge on any atom is -0.296 e. The van der Waals surface area contributed by atoms with Crippen LogP contribution in [0, 0.1) is 0 Å². The first kappa shape index (κ1) is 8.77. The molecule has 0 unspecified atom stereocenters. The van der Waals surface area contributed by atoms with E-state index >= 15 is 0 Å². The summed E-state index contributed by atoms with van der Waals surface area (Å²) in [4.78, 5) is 14.2. The van der Waals surface area contributed by atoms with Crippen molar-refractivity contribution >= 4 is 6.29 Å². The Morgan fingerprint density at radius 2 is 2.00 bits per heavy atom. The molecule has 1 aromatic rings. The van der Waals surface area contributed by atoms with E-state index < -0.39 is 0 Å². The summed E-state index contributed by atoms with van der Waals surface area (Å²) in [6, 6.07) is 0. The Labute approximate surface area is 71.0 Å². The maximum Gasteiger partial charge on any atom is 0.171 e. The fourth-order valence-corrected chi connectivity index (χ4v) is 0.682. The molecule has 0 atom stereocenters. The number of rotatable bonds is 1. The molecular weight excluding hydrogens is 154 g/mol. The summed E-state index contributed by atoms with van der Waals surface area (Å²) in [5, 5.41) is 7.51. The van der Waals surface area contributed by atoms with Crippen LogP contribution in [0.1, 0.15) is 37.1 Å². The van der Waals surface area contributed by atoms with Crippen molar-refractivity contribution in [3.8, 4) is 0 Å². The third-order valence-electron chi connectivity index (χ3n) is 1.37. The van der Waals surface area contributed by atoms with E-state index in [0.717, 1.165) is 0 Å². The van der Waals surface area contributed by atoms with Crippen molar-refractivity contribution in [2.45, 2.75) is 26.2 Å². The van der Waals surface area contributed by atoms with E-state index in [-0.39, 0.29) is 11.1 Å². The van der Waals surface area contributed by atoms with Crippen molar-refractivity contribution in [2.75, 3.05) is 0 Å². The van der Waals surface area contributed by atoms with Gasteiger partial charge in [0.2, 0.25) is 0 Å². The van der Waals surface area contributed by atoms with Gasteiger partial charge in [0, 0.05) is 5.41 Å². The van der Waals surface area contributed by atoms with E-state index in [9.17, 15) is 4.79 Å². The first-order chi connectivity index (χ1) is 5.54. The third kappa shape index (κ3) is 1.84. The number of hydrogen-bond acceptors (Lipinski definition) is 4. The molecule has 0 radical (unpaired) electrons. The summed E-state index contributed by atoms with van der Waals surface area (Å²) in [5.41, 5.74) is 0.150. The number of aldehydes is 1. The van der Waals surface area contributed by atoms with Crippen LogP contribution in [0.3, 0.4) is 0 Å². The Balaban J connectivity index is 3.00. The highest BCUT2D eigenvalue weighted by Crippen LogP contribution is 2.15. The molecule has 0 aliphatic rings. The van der Waals surface area contributed by atoms with Gasteiger partial charge < -0.3 is 0 Å². The van der Waals surface area contributed by atoms with Crippen molar-refractivity contribution in [1.82, 2.24) is 15.2 Å². The molecule has 64 valence electrons. The van der Waals surface area contributed by atoms with Gasteiger partial charge in [0.15, 0.2) is 12.1 Å². The molecule has 1 heterocycles. The second-order valence-corrected chi connectivity index (χ2v) is 3.57. The van der Waals surface area contributed by atoms with Gasteiger partial charge in [-0.15, -0.1) is 10.2 Å². The molecule has 12 heavy (non-hydrogen) atoms. The first-order valence-corrected chi connectivity index (χ1v) is 3.69. The van der Waals surface area contributed by atoms with Gasteiger partial charge in [-0.3, -0.25) is 4.79 Å². The second kappa shape index (κ2) is 2.97. The number of carbonyl (C=O) groups excluding carboxylic acids is 1. The topological polar surface area (TPSA) is 55.7 Å². The third-order valence-corrected chi connectivity index (χ3v) is 1.37. The molecular formula is C8H11N3O. The summed E-state index contributed by atoms with van der Waals surface area (Å²) in [6.45, 7) is 5.97. The van der Waals surface area contributed by atoms with Gasteiger partial charge in [-0.2, -0.15) is 0 Å². The lowest BCUT2D eigenvalue weighted by Crippen LogP contribution is -2.17. The van der Waals surface area contributed by atoms with Gasteiger partial charge in [0.05, 0.1) is 6.20 Å². The van der Waals surface area contributed by atoms with E-state index in [1.165, 1.54) is 6.20 Å². The Hall–Kier alpha value is -1.32. The van der Waals surface area contributed by atoms with Gasteiger partial charge in [-0.25, -0.2) is 4.98 Å². The van der Waals surface area contributed by atoms with Crippen LogP contribution in [0.4, 0.5) is 0 Å². The van der Waals surface area contributed by atoms with E-state index in [1.54, 1.807) is 0 Å². The summed E-state index contributed by atoms with van der Waals surface area (Å²) >= 11 is 0. The molecule has 0 saturated heterocycles. The Morgan fingerprint density at radius 3 is 2.33 bits per heavy atom. The molecule has 0 aromatic carbocycles. The zero-order valence-electron chi connectivity index (χ0n) is 7.40. The molecule has 0 aliphatic heterocycles. The number of nitrogens with zero attached hydrogens (tertiary/aromatic N) is 3. The normalized spacial score (nSPS) is 11.2. The average Bonchev–Trinajstić information content (AvgIpc) is 2.03. The maximum atomic E-state index is 10.2. The Bertz CT molecular complexity index is 273. The van der Waals surface area contributed by atoms with Crippen molar-refractivity contribution in [3.63, 3.8) is 0 Å². The molecule has 0 aliphatic carbocycles. The molecule has 4 heteroatoms. The van der Waals surface area contributed by atoms with Gasteiger partial charge in [0.25, 0.3) is 0 Å². The minimum atomic E-state index is -0.117. The monoisotopic (exact) mass is 165 g/mol. The second-order valence-electron chi connectivity index (χ2n) is 3.57. The smallest absolute Gasteiger partial charge is 0.171 e. The molecule has 0 saturated carbocycles. The van der Waals surface area contributed by atoms with Crippen LogP contribution in [0.5, 0.6) is 0 Å². The fraction of sp³-hybridized carbons (Fsp3) is 0.500. The maximum absolute atomic E-state index is 10.2. The standard InChI is InChI=1S/C8H11N3O/c1-8(2,3)7-9-4-6(5-12)10-11-7/h4-5H,1-3H3. The van der Waals surface area contributed by atoms with Crippen molar-refractivity contribution in [1.29, 1.82) is 0 Å². The number of carbonyl (C=O) groups is 1. The van der Waals surface area contributed by atoms with E-state index in [4.69, 9.17) is 0 Å². The van der Waals surface area contributed by atoms with Crippen LogP contribution >= 0.6 is 0 Å². The number of aromatic nitrogens is 3. The van der Waals surface area contributed by atoms with Crippen molar-refractivity contribution < 1.29 is 4.79 Å². The van der Waals surface area contributed by atoms with Gasteiger partial charge in [-0.1, -0.05) is 20.8 Å². The summed E-state index contributed by atoms with van der Waals surface area (Å²) in [7, 11) is 0. The van der Waals surface area contributed by atoms with Crippen LogP contribution < -0.4 is 0 Å². The zero-order valence-corrected chi connectivity index (χ0v) is 7.40. The van der Waals surface area contributed by atoms with Gasteiger partial charge in [0.1, 0.15) is 5.69 Å². The predicted molar refractivity (Wildman–Crippen MR) is 43.9 cm³/mol. The predicted octanol–water partition coefficient (Wildman–Crippen LogP) is 0.982.